The van der Waals surface area contributed by atoms with Gasteiger partial charge in [0.1, 0.15) is 22.3 Å². The maximum Gasteiger partial charge on any atom is 0.417 e. The lowest BCUT2D eigenvalue weighted by atomic mass is 9.85. The van der Waals surface area contributed by atoms with Crippen LogP contribution in [-0.2, 0) is 6.18 Å². The number of alkyl halides is 3. The lowest BCUT2D eigenvalue weighted by Gasteiger charge is -2.24. The summed E-state index contributed by atoms with van der Waals surface area (Å²) in [5.74, 6) is 0. The summed E-state index contributed by atoms with van der Waals surface area (Å²) >= 11 is 0. The molecule has 0 spiro atoms. The quantitative estimate of drug-likeness (QED) is 0.177. The Morgan fingerprint density at radius 3 is 1.49 bits per heavy atom. The summed E-state index contributed by atoms with van der Waals surface area (Å²) in [6, 6.07) is 58.1. The lowest BCUT2D eigenvalue weighted by Crippen LogP contribution is -2.10. The molecule has 5 nitrogen and oxygen atoms in total. The molecule has 0 fully saturated rings. The van der Waals surface area contributed by atoms with Gasteiger partial charge in [-0.1, -0.05) is 103 Å². The Balaban J connectivity index is 1.22. The lowest BCUT2D eigenvalue weighted by molar-refractivity contribution is -0.137. The van der Waals surface area contributed by atoms with Gasteiger partial charge in [0.15, 0.2) is 0 Å². The van der Waals surface area contributed by atoms with Crippen molar-refractivity contribution < 1.29 is 22.0 Å². The second-order valence-corrected chi connectivity index (χ2v) is 16.6. The fraction of sp³-hybridized carbons (Fsp3) is 0.0351. The summed E-state index contributed by atoms with van der Waals surface area (Å²) in [5, 5.41) is 18.8. The number of hydrogen-bond acceptors (Lipinski definition) is 3. The van der Waals surface area contributed by atoms with Crippen molar-refractivity contribution in [2.45, 2.75) is 13.1 Å². The first-order valence-corrected chi connectivity index (χ1v) is 21.3. The second kappa shape index (κ2) is 13.5. The number of halogens is 3. The molecule has 0 aliphatic heterocycles. The third-order valence-corrected chi connectivity index (χ3v) is 13.1. The summed E-state index contributed by atoms with van der Waals surface area (Å²) in [6.07, 6.45) is -4.68. The van der Waals surface area contributed by atoms with Crippen LogP contribution < -0.4 is 0 Å². The molecule has 308 valence electrons. The van der Waals surface area contributed by atoms with E-state index >= 15 is 13.2 Å². The van der Waals surface area contributed by atoms with Gasteiger partial charge in [-0.15, -0.1) is 0 Å². The van der Waals surface area contributed by atoms with Crippen LogP contribution in [0, 0.1) is 18.3 Å². The average molecular weight is 848 g/mol. The molecule has 8 heteroatoms. The van der Waals surface area contributed by atoms with E-state index in [1.54, 1.807) is 25.1 Å². The number of aromatic nitrogens is 2. The fourth-order valence-electron chi connectivity index (χ4n) is 10.5. The number of hydrogen-bond donors (Lipinski definition) is 0. The van der Waals surface area contributed by atoms with Crippen LogP contribution >= 0.6 is 0 Å². The highest BCUT2D eigenvalue weighted by atomic mass is 19.4. The van der Waals surface area contributed by atoms with Gasteiger partial charge >= 0.3 is 6.18 Å². The highest BCUT2D eigenvalue weighted by molar-refractivity contribution is 6.25. The smallest absolute Gasteiger partial charge is 0.417 e. The van der Waals surface area contributed by atoms with Crippen molar-refractivity contribution in [3.05, 3.63) is 193 Å². The van der Waals surface area contributed by atoms with E-state index in [1.165, 1.54) is 6.07 Å². The fourth-order valence-corrected chi connectivity index (χ4v) is 10.5. The zero-order valence-electron chi connectivity index (χ0n) is 34.5. The van der Waals surface area contributed by atoms with E-state index in [-0.39, 0.29) is 5.56 Å². The van der Waals surface area contributed by atoms with Crippen LogP contribution in [0.3, 0.4) is 0 Å². The van der Waals surface area contributed by atoms with Gasteiger partial charge in [0.05, 0.1) is 61.4 Å². The highest BCUT2D eigenvalue weighted by Crippen LogP contribution is 2.50. The summed E-state index contributed by atoms with van der Waals surface area (Å²) in [4.78, 5) is 0. The molecule has 0 aliphatic carbocycles. The van der Waals surface area contributed by atoms with Gasteiger partial charge in [0.2, 0.25) is 0 Å². The van der Waals surface area contributed by atoms with Crippen molar-refractivity contribution in [3.8, 4) is 39.7 Å². The van der Waals surface area contributed by atoms with Crippen LogP contribution in [0.5, 0.6) is 0 Å². The first kappa shape index (κ1) is 37.1. The molecule has 13 aromatic rings. The Morgan fingerprint density at radius 1 is 0.446 bits per heavy atom. The zero-order valence-corrected chi connectivity index (χ0v) is 34.5. The Labute approximate surface area is 368 Å². The van der Waals surface area contributed by atoms with Gasteiger partial charge in [0.25, 0.3) is 0 Å². The third kappa shape index (κ3) is 5.15. The van der Waals surface area contributed by atoms with E-state index in [2.05, 4.69) is 51.6 Å². The summed E-state index contributed by atoms with van der Waals surface area (Å²) in [7, 11) is 0. The maximum atomic E-state index is 15.4. The van der Waals surface area contributed by atoms with Crippen LogP contribution in [0.25, 0.3) is 121 Å². The van der Waals surface area contributed by atoms with Crippen LogP contribution in [0.2, 0.25) is 0 Å². The number of nitrogens with zero attached hydrogens (tertiary/aromatic N) is 3. The predicted octanol–water partition coefficient (Wildman–Crippen LogP) is 16.2. The minimum atomic E-state index is -4.68. The van der Waals surface area contributed by atoms with Crippen molar-refractivity contribution in [1.29, 1.82) is 5.26 Å². The molecular weight excluding hydrogens is 816 g/mol. The SMILES string of the molecule is Cc1cccc(C(F)(F)F)c1-c1cccc(-n2c3ccccc3c3c4oc5ccccc5c4ccc32)c1-c1c(C#N)cccc1-n1c2ccccc2c2c3oc4ccccc4c3ccc21. The molecule has 13 rings (SSSR count). The molecule has 0 atom stereocenters. The summed E-state index contributed by atoms with van der Waals surface area (Å²) in [6.45, 7) is 1.71. The number of fused-ring (bicyclic) bond motifs is 14. The Kier molecular flexibility index (Phi) is 7.68. The van der Waals surface area contributed by atoms with Crippen molar-refractivity contribution in [1.82, 2.24) is 9.13 Å². The first-order chi connectivity index (χ1) is 31.8. The van der Waals surface area contributed by atoms with Crippen molar-refractivity contribution in [2.24, 2.45) is 0 Å². The van der Waals surface area contributed by atoms with Gasteiger partial charge in [-0.3, -0.25) is 0 Å². The van der Waals surface area contributed by atoms with Crippen molar-refractivity contribution in [3.63, 3.8) is 0 Å². The number of aryl methyl sites for hydroxylation is 1. The Morgan fingerprint density at radius 2 is 0.938 bits per heavy atom. The maximum absolute atomic E-state index is 15.4. The number of benzene rings is 9. The molecule has 9 aromatic carbocycles. The highest BCUT2D eigenvalue weighted by Gasteiger charge is 2.36. The van der Waals surface area contributed by atoms with Crippen LogP contribution in [0.15, 0.2) is 185 Å². The normalized spacial score (nSPS) is 12.3. The second-order valence-electron chi connectivity index (χ2n) is 16.6. The molecule has 0 saturated carbocycles. The standard InChI is InChI=1S/C57H32F3N3O2/c1-32-13-10-20-41(57(58,59)60)50(32)40-19-12-24-45(63-43-22-7-3-18-39(43)54-47(63)30-28-37-35-16-5-9-26-49(35)65-56(37)54)52(40)51-33(31-61)14-11-23-44(51)62-42-21-6-2-17-38(42)53-46(62)29-27-36-34-15-4-8-25-48(34)64-55(36)53/h2-30H,1H3. The molecule has 0 saturated heterocycles. The molecule has 0 amide bonds. The van der Waals surface area contributed by atoms with Crippen molar-refractivity contribution >= 4 is 87.5 Å². The molecular formula is C57H32F3N3O2. The molecule has 0 N–H and O–H groups in total. The van der Waals surface area contributed by atoms with E-state index < -0.39 is 11.7 Å². The summed E-state index contributed by atoms with van der Waals surface area (Å²) < 4.78 is 63.7. The average Bonchev–Trinajstić information content (AvgIpc) is 4.08. The Bertz CT molecular complexity index is 4210. The largest absolute Gasteiger partial charge is 0.455 e. The third-order valence-electron chi connectivity index (χ3n) is 13.1. The molecule has 4 heterocycles. The van der Waals surface area contributed by atoms with Crippen LogP contribution in [-0.4, -0.2) is 9.13 Å². The van der Waals surface area contributed by atoms with E-state index in [4.69, 9.17) is 8.83 Å². The van der Waals surface area contributed by atoms with Crippen molar-refractivity contribution in [2.75, 3.05) is 0 Å². The van der Waals surface area contributed by atoms with Gasteiger partial charge in [0, 0.05) is 43.4 Å². The molecule has 0 bridgehead atoms. The minimum Gasteiger partial charge on any atom is -0.455 e. The molecule has 4 aromatic heterocycles. The zero-order chi connectivity index (χ0) is 43.7. The molecule has 65 heavy (non-hydrogen) atoms. The number of nitriles is 1. The monoisotopic (exact) mass is 847 g/mol. The van der Waals surface area contributed by atoms with Gasteiger partial charge in [-0.2, -0.15) is 18.4 Å². The molecule has 0 aliphatic rings. The first-order valence-electron chi connectivity index (χ1n) is 21.3. The number of rotatable bonds is 4. The van der Waals surface area contributed by atoms with Gasteiger partial charge in [-0.25, -0.2) is 0 Å². The van der Waals surface area contributed by atoms with E-state index in [0.717, 1.165) is 93.6 Å². The minimum absolute atomic E-state index is 0.0437. The van der Waals surface area contributed by atoms with Crippen LogP contribution in [0.1, 0.15) is 16.7 Å². The predicted molar refractivity (Wildman–Crippen MR) is 255 cm³/mol. The Hall–Kier alpha value is -8.54. The summed E-state index contributed by atoms with van der Waals surface area (Å²) in [5.41, 5.74) is 8.84. The molecule has 0 unspecified atom stereocenters. The molecule has 0 radical (unpaired) electrons. The van der Waals surface area contributed by atoms with Crippen LogP contribution in [0.4, 0.5) is 13.2 Å². The van der Waals surface area contributed by atoms with E-state index in [9.17, 15) is 5.26 Å². The topological polar surface area (TPSA) is 59.9 Å². The van der Waals surface area contributed by atoms with E-state index in [0.29, 0.717) is 39.2 Å². The van der Waals surface area contributed by atoms with E-state index in [1.807, 2.05) is 109 Å². The van der Waals surface area contributed by atoms with Gasteiger partial charge in [-0.05, 0) is 96.4 Å². The van der Waals surface area contributed by atoms with Gasteiger partial charge < -0.3 is 18.0 Å². The number of para-hydroxylation sites is 4. The number of furan rings is 2.